The first-order valence-electron chi connectivity index (χ1n) is 12.1. The Bertz CT molecular complexity index is 1210. The third-order valence-electron chi connectivity index (χ3n) is 6.76. The molecule has 0 spiro atoms. The van der Waals surface area contributed by atoms with Crippen molar-refractivity contribution in [2.75, 3.05) is 0 Å². The monoisotopic (exact) mass is 492 g/mol. The van der Waals surface area contributed by atoms with Gasteiger partial charge in [0.25, 0.3) is 0 Å². The van der Waals surface area contributed by atoms with Gasteiger partial charge >= 0.3 is 27.5 Å². The van der Waals surface area contributed by atoms with E-state index in [-0.39, 0.29) is 5.46 Å². The van der Waals surface area contributed by atoms with Crippen LogP contribution in [-0.2, 0) is 19.9 Å². The lowest BCUT2D eigenvalue weighted by Crippen LogP contribution is -2.63. The normalized spacial score (nSPS) is 14.6. The molecule has 0 aromatic heterocycles. The van der Waals surface area contributed by atoms with E-state index in [2.05, 4.69) is 0 Å². The minimum Gasteiger partial charge on any atom is -0.445 e. The summed E-state index contributed by atoms with van der Waals surface area (Å²) in [7, 11) is -3.08. The molecule has 36 heavy (non-hydrogen) atoms. The molecule has 1 aliphatic heterocycles. The summed E-state index contributed by atoms with van der Waals surface area (Å²) in [6.07, 6.45) is -4.56. The lowest BCUT2D eigenvalue weighted by molar-refractivity contribution is -0.136. The van der Waals surface area contributed by atoms with Crippen LogP contribution in [0.4, 0.5) is 13.2 Å². The Balaban J connectivity index is 1.90. The molecule has 0 unspecified atom stereocenters. The summed E-state index contributed by atoms with van der Waals surface area (Å²) in [6.45, 7) is 15.2. The Morgan fingerprint density at radius 3 is 1.08 bits per heavy atom. The highest BCUT2D eigenvalue weighted by Gasteiger charge is 2.49. The van der Waals surface area contributed by atoms with Gasteiger partial charge in [-0.3, -0.25) is 0 Å². The molecule has 0 bridgehead atoms. The van der Waals surface area contributed by atoms with E-state index >= 15 is 0 Å². The highest BCUT2D eigenvalue weighted by atomic mass is 19.4. The van der Waals surface area contributed by atoms with Crippen molar-refractivity contribution in [2.24, 2.45) is 0 Å². The molecule has 9 heteroatoms. The number of aryl methyl sites for hydroxylation is 8. The highest BCUT2D eigenvalue weighted by Crippen LogP contribution is 2.31. The second-order valence-corrected chi connectivity index (χ2v) is 10.1. The maximum atomic E-state index is 14.2. The van der Waals surface area contributed by atoms with Gasteiger partial charge in [0.15, 0.2) is 0 Å². The molecule has 0 radical (unpaired) electrons. The smallest absolute Gasteiger partial charge is 0.445 e. The summed E-state index contributed by atoms with van der Waals surface area (Å²) in [6, 6.07) is 11.0. The van der Waals surface area contributed by atoms with E-state index in [9.17, 15) is 13.2 Å². The Morgan fingerprint density at radius 2 is 0.750 bits per heavy atom. The van der Waals surface area contributed by atoms with Crippen LogP contribution in [0, 0.1) is 55.4 Å². The fourth-order valence-electron chi connectivity index (χ4n) is 5.49. The quantitative estimate of drug-likeness (QED) is 0.496. The van der Waals surface area contributed by atoms with E-state index in [4.69, 9.17) is 13.7 Å². The van der Waals surface area contributed by atoms with Gasteiger partial charge in [-0.1, -0.05) is 74.8 Å². The van der Waals surface area contributed by atoms with Gasteiger partial charge in [-0.2, -0.15) is 13.2 Å². The molecule has 1 heterocycles. The SMILES string of the molecule is Cc1cc(C)c(B2OB(c3c(C)cc(C)cc3C)OB(c3c(C)cc(C)cc3C(F)(F)F)O2)c(C)c1. The molecule has 0 amide bonds. The molecular formula is C27H30B3F3O3. The molecule has 0 atom stereocenters. The average Bonchev–Trinajstić information content (AvgIpc) is 2.71. The van der Waals surface area contributed by atoms with E-state index in [0.29, 0.717) is 11.1 Å². The highest BCUT2D eigenvalue weighted by molar-refractivity contribution is 6.88. The van der Waals surface area contributed by atoms with Gasteiger partial charge < -0.3 is 13.7 Å². The molecular weight excluding hydrogens is 462 g/mol. The van der Waals surface area contributed by atoms with E-state index in [1.54, 1.807) is 19.9 Å². The van der Waals surface area contributed by atoms with Crippen molar-refractivity contribution in [1.29, 1.82) is 0 Å². The van der Waals surface area contributed by atoms with Gasteiger partial charge in [0.2, 0.25) is 0 Å². The van der Waals surface area contributed by atoms with Crippen LogP contribution < -0.4 is 16.4 Å². The van der Waals surface area contributed by atoms with Crippen molar-refractivity contribution in [1.82, 2.24) is 0 Å². The van der Waals surface area contributed by atoms with Crippen LogP contribution >= 0.6 is 0 Å². The first kappa shape index (κ1) is 26.6. The van der Waals surface area contributed by atoms with Crippen LogP contribution in [0.5, 0.6) is 0 Å². The lowest BCUT2D eigenvalue weighted by Gasteiger charge is -2.35. The maximum Gasteiger partial charge on any atom is 0.467 e. The first-order valence-corrected chi connectivity index (χ1v) is 12.1. The van der Waals surface area contributed by atoms with Crippen molar-refractivity contribution >= 4 is 37.7 Å². The van der Waals surface area contributed by atoms with Crippen LogP contribution in [-0.4, -0.2) is 21.4 Å². The number of hydrogen-bond acceptors (Lipinski definition) is 3. The number of hydrogen-bond donors (Lipinski definition) is 0. The van der Waals surface area contributed by atoms with Crippen molar-refractivity contribution in [2.45, 2.75) is 61.6 Å². The van der Waals surface area contributed by atoms with Crippen molar-refractivity contribution < 1.29 is 26.9 Å². The summed E-state index contributed by atoms with van der Waals surface area (Å²) in [5.41, 5.74) is 7.81. The van der Waals surface area contributed by atoms with Gasteiger partial charge in [0, 0.05) is 0 Å². The number of alkyl halides is 3. The van der Waals surface area contributed by atoms with E-state index < -0.39 is 33.1 Å². The average molecular weight is 492 g/mol. The summed E-state index contributed by atoms with van der Waals surface area (Å²) in [5, 5.41) is 0. The molecule has 1 aliphatic rings. The second-order valence-electron chi connectivity index (χ2n) is 10.1. The summed E-state index contributed by atoms with van der Waals surface area (Å²) in [5.74, 6) is 0. The molecule has 4 rings (SSSR count). The minimum atomic E-state index is -4.56. The predicted octanol–water partition coefficient (Wildman–Crippen LogP) is 4.72. The molecule has 0 N–H and O–H groups in total. The summed E-state index contributed by atoms with van der Waals surface area (Å²) in [4.78, 5) is 0. The standard InChI is InChI=1S/C27H30B3F3O3/c1-15-9-18(4)24(19(5)10-15)28-34-29(25-20(6)11-16(2)12-21(25)7)36-30(35-28)26-22(8)13-17(3)14-23(26)27(31,32)33/h9-14H,1-8H3. The zero-order chi connectivity index (χ0) is 26.5. The Kier molecular flexibility index (Phi) is 7.21. The molecule has 0 aliphatic carbocycles. The topological polar surface area (TPSA) is 27.7 Å². The molecule has 3 aromatic rings. The van der Waals surface area contributed by atoms with E-state index in [1.165, 1.54) is 0 Å². The first-order chi connectivity index (χ1) is 16.8. The van der Waals surface area contributed by atoms with Crippen LogP contribution in [0.3, 0.4) is 0 Å². The third-order valence-corrected chi connectivity index (χ3v) is 6.76. The van der Waals surface area contributed by atoms with E-state index in [0.717, 1.165) is 50.4 Å². The molecule has 1 saturated heterocycles. The molecule has 186 valence electrons. The molecule has 0 saturated carbocycles. The fraction of sp³-hybridized carbons (Fsp3) is 0.333. The van der Waals surface area contributed by atoms with Crippen LogP contribution in [0.25, 0.3) is 0 Å². The second kappa shape index (κ2) is 9.77. The largest absolute Gasteiger partial charge is 0.467 e. The zero-order valence-corrected chi connectivity index (χ0v) is 22.1. The van der Waals surface area contributed by atoms with Gasteiger partial charge in [0.05, 0.1) is 5.56 Å². The molecule has 3 aromatic carbocycles. The predicted molar refractivity (Wildman–Crippen MR) is 142 cm³/mol. The zero-order valence-electron chi connectivity index (χ0n) is 22.1. The van der Waals surface area contributed by atoms with Crippen molar-refractivity contribution in [3.63, 3.8) is 0 Å². The molecule has 1 fully saturated rings. The van der Waals surface area contributed by atoms with Crippen molar-refractivity contribution in [3.05, 3.63) is 86.5 Å². The van der Waals surface area contributed by atoms with Gasteiger partial charge in [-0.05, 0) is 77.8 Å². The Labute approximate surface area is 212 Å². The third kappa shape index (κ3) is 5.15. The van der Waals surface area contributed by atoms with Crippen LogP contribution in [0.15, 0.2) is 36.4 Å². The minimum absolute atomic E-state index is 0.0174. The Hall–Kier alpha value is -2.48. The Morgan fingerprint density at radius 1 is 0.472 bits per heavy atom. The van der Waals surface area contributed by atoms with E-state index in [1.807, 2.05) is 65.8 Å². The van der Waals surface area contributed by atoms with Crippen molar-refractivity contribution in [3.8, 4) is 0 Å². The number of benzene rings is 3. The lowest BCUT2D eigenvalue weighted by atomic mass is 9.58. The summed E-state index contributed by atoms with van der Waals surface area (Å²) < 4.78 is 61.5. The van der Waals surface area contributed by atoms with Gasteiger partial charge in [0.1, 0.15) is 0 Å². The number of halogens is 3. The molecule has 3 nitrogen and oxygen atoms in total. The van der Waals surface area contributed by atoms with Crippen LogP contribution in [0.1, 0.15) is 50.1 Å². The van der Waals surface area contributed by atoms with Gasteiger partial charge in [-0.15, -0.1) is 0 Å². The maximum absolute atomic E-state index is 14.2. The summed E-state index contributed by atoms with van der Waals surface area (Å²) >= 11 is 0. The van der Waals surface area contributed by atoms with Gasteiger partial charge in [-0.25, -0.2) is 0 Å². The van der Waals surface area contributed by atoms with Crippen LogP contribution in [0.2, 0.25) is 0 Å². The number of rotatable bonds is 3. The fourth-order valence-corrected chi connectivity index (χ4v) is 5.49.